The second-order valence-electron chi connectivity index (χ2n) is 3.56. The average Bonchev–Trinajstić information content (AvgIpc) is 2.34. The summed E-state index contributed by atoms with van der Waals surface area (Å²) >= 11 is 21.2. The van der Waals surface area contributed by atoms with Crippen molar-refractivity contribution in [3.05, 3.63) is 57.0 Å². The first-order valence-electron chi connectivity index (χ1n) is 5.07. The lowest BCUT2D eigenvalue weighted by molar-refractivity contribution is 0.479. The molecule has 0 bridgehead atoms. The van der Waals surface area contributed by atoms with Gasteiger partial charge in [-0.05, 0) is 36.4 Å². The van der Waals surface area contributed by atoms with Crippen LogP contribution in [0.15, 0.2) is 36.4 Å². The molecular formula is C13H8BrCl3O. The van der Waals surface area contributed by atoms with E-state index in [0.29, 0.717) is 31.9 Å². The summed E-state index contributed by atoms with van der Waals surface area (Å²) in [5.41, 5.74) is 0.952. The van der Waals surface area contributed by atoms with Gasteiger partial charge in [-0.2, -0.15) is 0 Å². The Hall–Kier alpha value is -0.410. The Morgan fingerprint density at radius 3 is 2.11 bits per heavy atom. The molecule has 0 saturated carbocycles. The standard InChI is InChI=1S/C13H8BrCl3O/c14-7-8-5-9(15)1-3-12(8)18-13-4-2-10(16)6-11(13)17/h1-6H,7H2. The minimum absolute atomic E-state index is 0.470. The van der Waals surface area contributed by atoms with Crippen LogP contribution < -0.4 is 4.74 Å². The molecule has 0 aliphatic carbocycles. The number of alkyl halides is 1. The minimum atomic E-state index is 0.470. The highest BCUT2D eigenvalue weighted by atomic mass is 79.9. The van der Waals surface area contributed by atoms with Gasteiger partial charge in [0.1, 0.15) is 11.5 Å². The SMILES string of the molecule is Clc1ccc(Oc2ccc(Cl)cc2CBr)c(Cl)c1. The van der Waals surface area contributed by atoms with Crippen molar-refractivity contribution in [1.29, 1.82) is 0 Å². The predicted molar refractivity (Wildman–Crippen MR) is 80.6 cm³/mol. The van der Waals surface area contributed by atoms with E-state index < -0.39 is 0 Å². The van der Waals surface area contributed by atoms with Gasteiger partial charge in [0.2, 0.25) is 0 Å². The topological polar surface area (TPSA) is 9.23 Å². The van der Waals surface area contributed by atoms with Crippen LogP contribution in [0.25, 0.3) is 0 Å². The molecule has 0 fully saturated rings. The Bertz CT molecular complexity index is 572. The van der Waals surface area contributed by atoms with Gasteiger partial charge < -0.3 is 4.74 Å². The fourth-order valence-corrected chi connectivity index (χ4v) is 2.51. The van der Waals surface area contributed by atoms with E-state index in [2.05, 4.69) is 15.9 Å². The molecule has 5 heteroatoms. The van der Waals surface area contributed by atoms with E-state index >= 15 is 0 Å². The Labute approximate surface area is 129 Å². The van der Waals surface area contributed by atoms with E-state index in [1.807, 2.05) is 12.1 Å². The van der Waals surface area contributed by atoms with Crippen LogP contribution in [0.5, 0.6) is 11.5 Å². The summed E-state index contributed by atoms with van der Waals surface area (Å²) in [5.74, 6) is 1.27. The lowest BCUT2D eigenvalue weighted by Crippen LogP contribution is -1.90. The van der Waals surface area contributed by atoms with Crippen molar-refractivity contribution < 1.29 is 4.74 Å². The van der Waals surface area contributed by atoms with Gasteiger partial charge in [0.25, 0.3) is 0 Å². The van der Waals surface area contributed by atoms with Gasteiger partial charge in [-0.1, -0.05) is 50.7 Å². The lowest BCUT2D eigenvalue weighted by Gasteiger charge is -2.11. The van der Waals surface area contributed by atoms with Gasteiger partial charge in [0.05, 0.1) is 5.02 Å². The molecule has 0 aliphatic heterocycles. The smallest absolute Gasteiger partial charge is 0.146 e. The molecule has 0 unspecified atom stereocenters. The van der Waals surface area contributed by atoms with Crippen molar-refractivity contribution in [2.24, 2.45) is 0 Å². The van der Waals surface area contributed by atoms with Gasteiger partial charge in [-0.25, -0.2) is 0 Å². The first-order valence-corrected chi connectivity index (χ1v) is 7.33. The van der Waals surface area contributed by atoms with Crippen LogP contribution >= 0.6 is 50.7 Å². The summed E-state index contributed by atoms with van der Waals surface area (Å²) in [6.45, 7) is 0. The molecule has 2 rings (SSSR count). The fourth-order valence-electron chi connectivity index (χ4n) is 1.43. The highest BCUT2D eigenvalue weighted by molar-refractivity contribution is 9.08. The lowest BCUT2D eigenvalue weighted by atomic mass is 10.2. The number of benzene rings is 2. The molecule has 0 amide bonds. The Morgan fingerprint density at radius 1 is 0.889 bits per heavy atom. The highest BCUT2D eigenvalue weighted by Gasteiger charge is 2.08. The van der Waals surface area contributed by atoms with Crippen molar-refractivity contribution >= 4 is 50.7 Å². The first kappa shape index (κ1) is 14.0. The van der Waals surface area contributed by atoms with Gasteiger partial charge in [0.15, 0.2) is 0 Å². The molecule has 2 aromatic rings. The van der Waals surface area contributed by atoms with Crippen LogP contribution in [0.2, 0.25) is 15.1 Å². The van der Waals surface area contributed by atoms with E-state index in [9.17, 15) is 0 Å². The van der Waals surface area contributed by atoms with Crippen molar-refractivity contribution in [2.75, 3.05) is 0 Å². The number of halogens is 4. The summed E-state index contributed by atoms with van der Waals surface area (Å²) in [6, 6.07) is 10.5. The molecular weight excluding hydrogens is 358 g/mol. The second kappa shape index (κ2) is 6.16. The van der Waals surface area contributed by atoms with Gasteiger partial charge in [0, 0.05) is 20.9 Å². The monoisotopic (exact) mass is 364 g/mol. The fraction of sp³-hybridized carbons (Fsp3) is 0.0769. The van der Waals surface area contributed by atoms with E-state index in [-0.39, 0.29) is 0 Å². The molecule has 0 spiro atoms. The number of hydrogen-bond donors (Lipinski definition) is 0. The van der Waals surface area contributed by atoms with Gasteiger partial charge in [-0.3, -0.25) is 0 Å². The quantitative estimate of drug-likeness (QED) is 0.576. The Morgan fingerprint density at radius 2 is 1.50 bits per heavy atom. The zero-order valence-corrected chi connectivity index (χ0v) is 12.9. The third kappa shape index (κ3) is 3.33. The Balaban J connectivity index is 2.33. The second-order valence-corrected chi connectivity index (χ2v) is 5.40. The summed E-state index contributed by atoms with van der Waals surface area (Å²) in [7, 11) is 0. The van der Waals surface area contributed by atoms with Gasteiger partial charge in [-0.15, -0.1) is 0 Å². The van der Waals surface area contributed by atoms with E-state index in [1.165, 1.54) is 0 Å². The average molecular weight is 366 g/mol. The van der Waals surface area contributed by atoms with Crippen LogP contribution in [0.3, 0.4) is 0 Å². The van der Waals surface area contributed by atoms with Crippen LogP contribution in [0, 0.1) is 0 Å². The molecule has 0 heterocycles. The van der Waals surface area contributed by atoms with Crippen LogP contribution in [-0.2, 0) is 5.33 Å². The summed E-state index contributed by atoms with van der Waals surface area (Å²) in [4.78, 5) is 0. The number of rotatable bonds is 3. The van der Waals surface area contributed by atoms with E-state index in [4.69, 9.17) is 39.5 Å². The largest absolute Gasteiger partial charge is 0.455 e. The molecule has 0 atom stereocenters. The molecule has 0 N–H and O–H groups in total. The van der Waals surface area contributed by atoms with Crippen LogP contribution in [-0.4, -0.2) is 0 Å². The zero-order chi connectivity index (χ0) is 13.1. The minimum Gasteiger partial charge on any atom is -0.455 e. The maximum atomic E-state index is 6.06. The summed E-state index contributed by atoms with van der Waals surface area (Å²) < 4.78 is 5.76. The van der Waals surface area contributed by atoms with Crippen molar-refractivity contribution in [3.8, 4) is 11.5 Å². The highest BCUT2D eigenvalue weighted by Crippen LogP contribution is 2.34. The molecule has 2 aromatic carbocycles. The van der Waals surface area contributed by atoms with E-state index in [0.717, 1.165) is 5.56 Å². The van der Waals surface area contributed by atoms with E-state index in [1.54, 1.807) is 24.3 Å². The third-order valence-corrected chi connectivity index (χ3v) is 3.65. The molecule has 0 aliphatic rings. The third-order valence-electron chi connectivity index (χ3n) is 2.28. The van der Waals surface area contributed by atoms with Crippen molar-refractivity contribution in [3.63, 3.8) is 0 Å². The molecule has 94 valence electrons. The molecule has 1 nitrogen and oxygen atoms in total. The molecule has 0 aromatic heterocycles. The predicted octanol–water partition coefficient (Wildman–Crippen LogP) is 6.33. The summed E-state index contributed by atoms with van der Waals surface area (Å²) in [5, 5.41) is 2.36. The first-order chi connectivity index (χ1) is 8.60. The molecule has 0 radical (unpaired) electrons. The molecule has 18 heavy (non-hydrogen) atoms. The molecule has 0 saturated heterocycles. The number of hydrogen-bond acceptors (Lipinski definition) is 1. The van der Waals surface area contributed by atoms with Crippen LogP contribution in [0.4, 0.5) is 0 Å². The van der Waals surface area contributed by atoms with Crippen molar-refractivity contribution in [1.82, 2.24) is 0 Å². The van der Waals surface area contributed by atoms with Crippen LogP contribution in [0.1, 0.15) is 5.56 Å². The Kier molecular flexibility index (Phi) is 4.79. The number of ether oxygens (including phenoxy) is 1. The van der Waals surface area contributed by atoms with Crippen molar-refractivity contribution in [2.45, 2.75) is 5.33 Å². The summed E-state index contributed by atoms with van der Waals surface area (Å²) in [6.07, 6.45) is 0. The van der Waals surface area contributed by atoms with Gasteiger partial charge >= 0.3 is 0 Å². The normalized spacial score (nSPS) is 10.4. The maximum Gasteiger partial charge on any atom is 0.146 e. The zero-order valence-electron chi connectivity index (χ0n) is 9.09. The maximum absolute atomic E-state index is 6.06.